The Bertz CT molecular complexity index is 743. The Morgan fingerprint density at radius 3 is 2.23 bits per heavy atom. The molecule has 0 saturated carbocycles. The monoisotopic (exact) mass is 373 g/mol. The van der Waals surface area contributed by atoms with Gasteiger partial charge in [0.05, 0.1) is 5.92 Å². The van der Waals surface area contributed by atoms with Crippen molar-refractivity contribution in [1.82, 2.24) is 0 Å². The number of thioether (sulfide) groups is 1. The molecule has 0 radical (unpaired) electrons. The predicted molar refractivity (Wildman–Crippen MR) is 104 cm³/mol. The first-order valence-corrected chi connectivity index (χ1v) is 9.55. The normalized spacial score (nSPS) is 12.9. The van der Waals surface area contributed by atoms with E-state index in [-0.39, 0.29) is 5.91 Å². The second-order valence-electron chi connectivity index (χ2n) is 6.07. The molecule has 2 N–H and O–H groups in total. The molecule has 2 atom stereocenters. The maximum Gasteiger partial charge on any atom is 0.306 e. The van der Waals surface area contributed by atoms with Crippen molar-refractivity contribution in [2.24, 2.45) is 5.92 Å². The molecule has 2 aromatic rings. The molecule has 0 aliphatic rings. The number of carboxylic acids is 1. The summed E-state index contributed by atoms with van der Waals surface area (Å²) in [4.78, 5) is 24.3. The van der Waals surface area contributed by atoms with Gasteiger partial charge in [0.25, 0.3) is 5.91 Å². The summed E-state index contributed by atoms with van der Waals surface area (Å²) in [5.74, 6) is -0.866. The average Bonchev–Trinajstić information content (AvgIpc) is 2.63. The number of hydrogen-bond acceptors (Lipinski definition) is 4. The summed E-state index contributed by atoms with van der Waals surface area (Å²) in [6.45, 7) is 3.36. The molecule has 6 heteroatoms. The number of rotatable bonds is 8. The number of anilines is 1. The molecule has 2 unspecified atom stereocenters. The Kier molecular flexibility index (Phi) is 7.09. The van der Waals surface area contributed by atoms with Crippen molar-refractivity contribution in [3.05, 3.63) is 54.1 Å². The minimum Gasteiger partial charge on any atom is -0.481 e. The van der Waals surface area contributed by atoms with Crippen LogP contribution in [0.4, 0.5) is 5.69 Å². The summed E-state index contributed by atoms with van der Waals surface area (Å²) < 4.78 is 5.66. The van der Waals surface area contributed by atoms with Crippen molar-refractivity contribution in [1.29, 1.82) is 0 Å². The Morgan fingerprint density at radius 2 is 1.69 bits per heavy atom. The topological polar surface area (TPSA) is 75.6 Å². The number of aliphatic carboxylic acids is 1. The number of ether oxygens (including phenoxy) is 1. The Balaban J connectivity index is 1.90. The maximum atomic E-state index is 12.3. The lowest BCUT2D eigenvalue weighted by atomic mass is 10.0. The van der Waals surface area contributed by atoms with Gasteiger partial charge in [0.2, 0.25) is 0 Å². The summed E-state index contributed by atoms with van der Waals surface area (Å²) in [7, 11) is 0. The van der Waals surface area contributed by atoms with E-state index in [4.69, 9.17) is 9.84 Å². The fraction of sp³-hybridized carbons (Fsp3) is 0.300. The first-order chi connectivity index (χ1) is 12.4. The van der Waals surface area contributed by atoms with Crippen LogP contribution in [0.1, 0.15) is 19.4 Å². The largest absolute Gasteiger partial charge is 0.481 e. The van der Waals surface area contributed by atoms with Crippen LogP contribution in [0.5, 0.6) is 5.75 Å². The molecule has 0 heterocycles. The van der Waals surface area contributed by atoms with Gasteiger partial charge in [0, 0.05) is 10.6 Å². The van der Waals surface area contributed by atoms with Crippen molar-refractivity contribution in [2.75, 3.05) is 11.6 Å². The fourth-order valence-corrected chi connectivity index (χ4v) is 2.73. The van der Waals surface area contributed by atoms with Gasteiger partial charge in [0.15, 0.2) is 6.10 Å². The van der Waals surface area contributed by atoms with Gasteiger partial charge >= 0.3 is 5.97 Å². The molecule has 0 aliphatic carbocycles. The Hall–Kier alpha value is -2.47. The highest BCUT2D eigenvalue weighted by molar-refractivity contribution is 7.98. The van der Waals surface area contributed by atoms with Crippen LogP contribution in [0.25, 0.3) is 0 Å². The zero-order valence-corrected chi connectivity index (χ0v) is 15.9. The summed E-state index contributed by atoms with van der Waals surface area (Å²) in [5.41, 5.74) is 1.56. The van der Waals surface area contributed by atoms with Crippen LogP contribution in [0.3, 0.4) is 0 Å². The molecule has 0 fully saturated rings. The number of hydrogen-bond donors (Lipinski definition) is 2. The van der Waals surface area contributed by atoms with Gasteiger partial charge in [-0.05, 0) is 61.6 Å². The number of nitrogens with one attached hydrogen (secondary N) is 1. The summed E-state index contributed by atoms with van der Waals surface area (Å²) in [6, 6.07) is 14.7. The highest BCUT2D eigenvalue weighted by atomic mass is 32.2. The molecule has 26 heavy (non-hydrogen) atoms. The van der Waals surface area contributed by atoms with Crippen LogP contribution in [0.2, 0.25) is 0 Å². The van der Waals surface area contributed by atoms with E-state index in [1.54, 1.807) is 37.7 Å². The van der Waals surface area contributed by atoms with Crippen molar-refractivity contribution >= 4 is 29.3 Å². The molecule has 0 spiro atoms. The number of carbonyl (C=O) groups is 2. The SMILES string of the molecule is CSc1ccc(OC(C)C(=O)Nc2ccc(CC(C)C(=O)O)cc2)cc1. The molecule has 1 amide bonds. The van der Waals surface area contributed by atoms with Crippen LogP contribution in [0.15, 0.2) is 53.4 Å². The summed E-state index contributed by atoms with van der Waals surface area (Å²) in [6.07, 6.45) is 1.82. The average molecular weight is 373 g/mol. The third-order valence-corrected chi connectivity index (χ3v) is 4.67. The van der Waals surface area contributed by atoms with Gasteiger partial charge < -0.3 is 15.2 Å². The van der Waals surface area contributed by atoms with E-state index in [2.05, 4.69) is 5.32 Å². The van der Waals surface area contributed by atoms with Crippen molar-refractivity contribution in [2.45, 2.75) is 31.3 Å². The molecular weight excluding hydrogens is 350 g/mol. The van der Waals surface area contributed by atoms with Crippen LogP contribution in [-0.2, 0) is 16.0 Å². The Morgan fingerprint density at radius 1 is 1.08 bits per heavy atom. The van der Waals surface area contributed by atoms with E-state index in [1.807, 2.05) is 42.7 Å². The van der Waals surface area contributed by atoms with Crippen LogP contribution >= 0.6 is 11.8 Å². The van der Waals surface area contributed by atoms with Crippen molar-refractivity contribution in [3.8, 4) is 5.75 Å². The molecule has 0 aromatic heterocycles. The van der Waals surface area contributed by atoms with E-state index in [0.717, 1.165) is 10.5 Å². The number of benzene rings is 2. The molecule has 2 rings (SSSR count). The minimum absolute atomic E-state index is 0.245. The predicted octanol–water partition coefficient (Wildman–Crippen LogP) is 4.08. The number of carboxylic acid groups (broad SMARTS) is 1. The lowest BCUT2D eigenvalue weighted by molar-refractivity contribution is -0.141. The number of carbonyl (C=O) groups excluding carboxylic acids is 1. The highest BCUT2D eigenvalue weighted by Gasteiger charge is 2.15. The zero-order chi connectivity index (χ0) is 19.1. The van der Waals surface area contributed by atoms with E-state index < -0.39 is 18.0 Å². The zero-order valence-electron chi connectivity index (χ0n) is 15.1. The van der Waals surface area contributed by atoms with Gasteiger partial charge in [-0.2, -0.15) is 0 Å². The van der Waals surface area contributed by atoms with E-state index in [1.165, 1.54) is 0 Å². The first-order valence-electron chi connectivity index (χ1n) is 8.32. The van der Waals surface area contributed by atoms with E-state index in [9.17, 15) is 9.59 Å². The van der Waals surface area contributed by atoms with Crippen LogP contribution in [-0.4, -0.2) is 29.3 Å². The van der Waals surface area contributed by atoms with E-state index in [0.29, 0.717) is 17.9 Å². The smallest absolute Gasteiger partial charge is 0.306 e. The highest BCUT2D eigenvalue weighted by Crippen LogP contribution is 2.20. The van der Waals surface area contributed by atoms with Gasteiger partial charge in [-0.25, -0.2) is 0 Å². The molecule has 138 valence electrons. The second-order valence-corrected chi connectivity index (χ2v) is 6.94. The Labute approximate surface area is 157 Å². The van der Waals surface area contributed by atoms with Crippen LogP contribution in [0, 0.1) is 5.92 Å². The molecule has 5 nitrogen and oxygen atoms in total. The molecule has 0 aliphatic heterocycles. The fourth-order valence-electron chi connectivity index (χ4n) is 2.32. The number of amides is 1. The van der Waals surface area contributed by atoms with Gasteiger partial charge in [-0.1, -0.05) is 19.1 Å². The molecule has 2 aromatic carbocycles. The molecule has 0 bridgehead atoms. The lowest BCUT2D eigenvalue weighted by Crippen LogP contribution is -2.30. The lowest BCUT2D eigenvalue weighted by Gasteiger charge is -2.15. The maximum absolute atomic E-state index is 12.3. The van der Waals surface area contributed by atoms with E-state index >= 15 is 0 Å². The van der Waals surface area contributed by atoms with Gasteiger partial charge in [-0.3, -0.25) is 9.59 Å². The summed E-state index contributed by atoms with van der Waals surface area (Å²) >= 11 is 1.64. The van der Waals surface area contributed by atoms with Gasteiger partial charge in [-0.15, -0.1) is 11.8 Å². The second kappa shape index (κ2) is 9.29. The quantitative estimate of drug-likeness (QED) is 0.682. The minimum atomic E-state index is -0.820. The molecular formula is C20H23NO4S. The standard InChI is InChI=1S/C20H23NO4S/c1-13(20(23)24)12-15-4-6-16(7-5-15)21-19(22)14(2)25-17-8-10-18(26-3)11-9-17/h4-11,13-14H,12H2,1-3H3,(H,21,22)(H,23,24). The molecule has 0 saturated heterocycles. The summed E-state index contributed by atoms with van der Waals surface area (Å²) in [5, 5.41) is 11.8. The first kappa shape index (κ1) is 19.8. The third-order valence-electron chi connectivity index (χ3n) is 3.93. The van der Waals surface area contributed by atoms with Crippen molar-refractivity contribution < 1.29 is 19.4 Å². The van der Waals surface area contributed by atoms with Gasteiger partial charge in [0.1, 0.15) is 5.75 Å². The third kappa shape index (κ3) is 5.81. The van der Waals surface area contributed by atoms with Crippen molar-refractivity contribution in [3.63, 3.8) is 0 Å². The van der Waals surface area contributed by atoms with Crippen LogP contribution < -0.4 is 10.1 Å².